The number of nitrogens with one attached hydrogen (secondary N) is 3. The van der Waals surface area contributed by atoms with Crippen LogP contribution < -0.4 is 9.80 Å². The molecule has 1 aliphatic rings. The molecule has 2 aromatic carbocycles. The van der Waals surface area contributed by atoms with Gasteiger partial charge in [0.25, 0.3) is 0 Å². The number of piperazine rings is 1. The molecule has 0 spiro atoms. The Labute approximate surface area is 143 Å². The molecular formula is C21H27N3+2. The molecule has 1 atom stereocenters. The normalized spacial score (nSPS) is 22.6. The lowest BCUT2D eigenvalue weighted by atomic mass is 9.94. The van der Waals surface area contributed by atoms with Gasteiger partial charge in [-0.3, -0.25) is 0 Å². The van der Waals surface area contributed by atoms with Crippen LogP contribution in [0, 0.1) is 6.92 Å². The van der Waals surface area contributed by atoms with Crippen LogP contribution in [0.2, 0.25) is 0 Å². The van der Waals surface area contributed by atoms with Crippen molar-refractivity contribution in [1.82, 2.24) is 4.98 Å². The van der Waals surface area contributed by atoms with Crippen molar-refractivity contribution in [3.63, 3.8) is 0 Å². The number of hydrogen-bond donors (Lipinski definition) is 3. The van der Waals surface area contributed by atoms with Crippen molar-refractivity contribution >= 4 is 10.9 Å². The van der Waals surface area contributed by atoms with E-state index in [-0.39, 0.29) is 0 Å². The van der Waals surface area contributed by atoms with Gasteiger partial charge >= 0.3 is 0 Å². The van der Waals surface area contributed by atoms with Gasteiger partial charge in [-0.2, -0.15) is 0 Å². The van der Waals surface area contributed by atoms with Gasteiger partial charge in [-0.05, 0) is 13.0 Å². The largest absolute Gasteiger partial charge is 0.358 e. The number of aromatic nitrogens is 1. The van der Waals surface area contributed by atoms with Gasteiger partial charge < -0.3 is 14.8 Å². The summed E-state index contributed by atoms with van der Waals surface area (Å²) in [5, 5.41) is 1.38. The molecule has 3 nitrogen and oxygen atoms in total. The Morgan fingerprint density at radius 1 is 0.875 bits per heavy atom. The molecule has 0 bridgehead atoms. The van der Waals surface area contributed by atoms with Crippen LogP contribution in [0.3, 0.4) is 0 Å². The second-order valence-corrected chi connectivity index (χ2v) is 7.17. The molecule has 1 saturated heterocycles. The highest BCUT2D eigenvalue weighted by molar-refractivity contribution is 5.85. The zero-order valence-corrected chi connectivity index (χ0v) is 14.6. The monoisotopic (exact) mass is 321 g/mol. The lowest BCUT2D eigenvalue weighted by Crippen LogP contribution is -3.27. The number of para-hydroxylation sites is 1. The minimum atomic E-state index is 0.412. The molecule has 0 saturated carbocycles. The minimum absolute atomic E-state index is 0.412. The molecule has 124 valence electrons. The van der Waals surface area contributed by atoms with Gasteiger partial charge in [0.2, 0.25) is 0 Å². The van der Waals surface area contributed by atoms with Gasteiger partial charge in [0.1, 0.15) is 32.2 Å². The van der Waals surface area contributed by atoms with Crippen LogP contribution in [0.15, 0.2) is 54.6 Å². The maximum atomic E-state index is 3.61. The molecule has 3 N–H and O–H groups in total. The van der Waals surface area contributed by atoms with Crippen LogP contribution >= 0.6 is 0 Å². The first kappa shape index (κ1) is 15.4. The van der Waals surface area contributed by atoms with Crippen molar-refractivity contribution < 1.29 is 9.80 Å². The first-order valence-corrected chi connectivity index (χ1v) is 9.02. The van der Waals surface area contributed by atoms with E-state index in [1.807, 2.05) is 0 Å². The van der Waals surface area contributed by atoms with E-state index in [2.05, 4.69) is 73.6 Å². The summed E-state index contributed by atoms with van der Waals surface area (Å²) in [7, 11) is 2.31. The van der Waals surface area contributed by atoms with Crippen LogP contribution in [0.1, 0.15) is 22.9 Å². The Bertz CT molecular complexity index is 813. The van der Waals surface area contributed by atoms with E-state index in [1.54, 1.807) is 9.80 Å². The molecule has 0 aliphatic carbocycles. The number of aromatic amines is 1. The average molecular weight is 321 g/mol. The van der Waals surface area contributed by atoms with E-state index >= 15 is 0 Å². The number of H-pyrrole nitrogens is 1. The van der Waals surface area contributed by atoms with Crippen molar-refractivity contribution in [2.45, 2.75) is 13.0 Å². The maximum Gasteiger partial charge on any atom is 0.142 e. The Morgan fingerprint density at radius 3 is 2.29 bits per heavy atom. The fourth-order valence-corrected chi connectivity index (χ4v) is 4.21. The van der Waals surface area contributed by atoms with Gasteiger partial charge in [-0.1, -0.05) is 48.5 Å². The molecule has 0 radical (unpaired) electrons. The third kappa shape index (κ3) is 2.74. The summed E-state index contributed by atoms with van der Waals surface area (Å²) < 4.78 is 0. The molecule has 24 heavy (non-hydrogen) atoms. The molecule has 1 fully saturated rings. The zero-order valence-electron chi connectivity index (χ0n) is 14.6. The third-order valence-electron chi connectivity index (χ3n) is 5.52. The molecule has 1 unspecified atom stereocenters. The summed E-state index contributed by atoms with van der Waals surface area (Å²) >= 11 is 0. The molecule has 4 rings (SSSR count). The molecule has 3 aromatic rings. The number of rotatable bonds is 3. The Hall–Kier alpha value is -2.10. The van der Waals surface area contributed by atoms with Crippen LogP contribution in [-0.2, 0) is 0 Å². The molecule has 3 heteroatoms. The zero-order chi connectivity index (χ0) is 16.5. The van der Waals surface area contributed by atoms with E-state index in [9.17, 15) is 0 Å². The van der Waals surface area contributed by atoms with Gasteiger partial charge in [0.15, 0.2) is 0 Å². The van der Waals surface area contributed by atoms with Crippen LogP contribution in [0.25, 0.3) is 10.9 Å². The predicted octanol–water partition coefficient (Wildman–Crippen LogP) is 0.979. The van der Waals surface area contributed by atoms with Gasteiger partial charge in [-0.25, -0.2) is 0 Å². The van der Waals surface area contributed by atoms with E-state index in [0.717, 1.165) is 0 Å². The SMILES string of the molecule is Cc1[nH]c2ccccc2c1C(c1ccccc1)[NH+]1CC[NH+](C)CC1. The molecule has 1 aliphatic heterocycles. The summed E-state index contributed by atoms with van der Waals surface area (Å²) in [4.78, 5) is 6.95. The van der Waals surface area contributed by atoms with E-state index in [0.29, 0.717) is 6.04 Å². The molecule has 2 heterocycles. The van der Waals surface area contributed by atoms with E-state index < -0.39 is 0 Å². The van der Waals surface area contributed by atoms with Crippen LogP contribution in [-0.4, -0.2) is 38.2 Å². The van der Waals surface area contributed by atoms with E-state index in [4.69, 9.17) is 0 Å². The summed E-state index contributed by atoms with van der Waals surface area (Å²) in [5.74, 6) is 0. The molecule has 1 aromatic heterocycles. The maximum absolute atomic E-state index is 3.61. The van der Waals surface area contributed by atoms with Gasteiger partial charge in [0.05, 0.1) is 7.05 Å². The minimum Gasteiger partial charge on any atom is -0.358 e. The second-order valence-electron chi connectivity index (χ2n) is 7.17. The fraction of sp³-hybridized carbons (Fsp3) is 0.333. The number of likely N-dealkylation sites (N-methyl/N-ethyl adjacent to an activating group) is 1. The number of aryl methyl sites for hydroxylation is 1. The fourth-order valence-electron chi connectivity index (χ4n) is 4.21. The highest BCUT2D eigenvalue weighted by atomic mass is 15.3. The molecule has 0 amide bonds. The van der Waals surface area contributed by atoms with Gasteiger partial charge in [0, 0.05) is 27.7 Å². The summed E-state index contributed by atoms with van der Waals surface area (Å²) in [6.45, 7) is 7.18. The van der Waals surface area contributed by atoms with Crippen molar-refractivity contribution in [3.8, 4) is 0 Å². The smallest absolute Gasteiger partial charge is 0.142 e. The highest BCUT2D eigenvalue weighted by Crippen LogP contribution is 2.30. The topological polar surface area (TPSA) is 24.7 Å². The predicted molar refractivity (Wildman–Crippen MR) is 98.6 cm³/mol. The third-order valence-corrected chi connectivity index (χ3v) is 5.52. The van der Waals surface area contributed by atoms with Crippen molar-refractivity contribution in [3.05, 3.63) is 71.4 Å². The first-order valence-electron chi connectivity index (χ1n) is 9.02. The quantitative estimate of drug-likeness (QED) is 0.641. The molecular weight excluding hydrogens is 294 g/mol. The summed E-state index contributed by atoms with van der Waals surface area (Å²) in [6, 6.07) is 20.2. The van der Waals surface area contributed by atoms with E-state index in [1.165, 1.54) is 53.9 Å². The summed E-state index contributed by atoms with van der Waals surface area (Å²) in [6.07, 6.45) is 0. The average Bonchev–Trinajstić information content (AvgIpc) is 2.94. The highest BCUT2D eigenvalue weighted by Gasteiger charge is 2.33. The van der Waals surface area contributed by atoms with Gasteiger partial charge in [-0.15, -0.1) is 0 Å². The Kier molecular flexibility index (Phi) is 4.13. The summed E-state index contributed by atoms with van der Waals surface area (Å²) in [5.41, 5.74) is 5.47. The van der Waals surface area contributed by atoms with Crippen molar-refractivity contribution in [2.24, 2.45) is 0 Å². The number of quaternary nitrogens is 2. The van der Waals surface area contributed by atoms with Crippen molar-refractivity contribution in [2.75, 3.05) is 33.2 Å². The second kappa shape index (κ2) is 6.42. The number of benzene rings is 2. The lowest BCUT2D eigenvalue weighted by Gasteiger charge is -2.34. The number of fused-ring (bicyclic) bond motifs is 1. The van der Waals surface area contributed by atoms with Crippen LogP contribution in [0.4, 0.5) is 0 Å². The van der Waals surface area contributed by atoms with Crippen molar-refractivity contribution in [1.29, 1.82) is 0 Å². The first-order chi connectivity index (χ1) is 11.7. The number of hydrogen-bond acceptors (Lipinski definition) is 0. The lowest BCUT2D eigenvalue weighted by molar-refractivity contribution is -1.02. The Morgan fingerprint density at radius 2 is 1.54 bits per heavy atom. The Balaban J connectivity index is 1.84. The standard InChI is InChI=1S/C21H25N3/c1-16-20(18-10-6-7-11-19(18)22-16)21(17-8-4-3-5-9-17)24-14-12-23(2)13-15-24/h3-11,21-22H,12-15H2,1-2H3/p+2. The van der Waals surface area contributed by atoms with Crippen LogP contribution in [0.5, 0.6) is 0 Å².